The van der Waals surface area contributed by atoms with Crippen LogP contribution in [-0.4, -0.2) is 24.1 Å². The number of ether oxygens (including phenoxy) is 1. The van der Waals surface area contributed by atoms with E-state index in [0.717, 1.165) is 22.3 Å². The zero-order valence-electron chi connectivity index (χ0n) is 12.5. The number of aryl methyl sites for hydroxylation is 1. The number of esters is 1. The number of carbonyl (C=O) groups is 1. The summed E-state index contributed by atoms with van der Waals surface area (Å²) in [6.07, 6.45) is 4.10. The van der Waals surface area contributed by atoms with E-state index in [9.17, 15) is 4.79 Å². The van der Waals surface area contributed by atoms with Crippen LogP contribution in [0.5, 0.6) is 0 Å². The highest BCUT2D eigenvalue weighted by Crippen LogP contribution is 2.22. The monoisotopic (exact) mass is 342 g/mol. The summed E-state index contributed by atoms with van der Waals surface area (Å²) in [7, 11) is 1.34. The third-order valence-electron chi connectivity index (χ3n) is 3.24. The minimum Gasteiger partial charge on any atom is -0.468 e. The van der Waals surface area contributed by atoms with Gasteiger partial charge in [0.15, 0.2) is 0 Å². The number of hydrogen-bond acceptors (Lipinski definition) is 4. The van der Waals surface area contributed by atoms with Crippen LogP contribution in [0.25, 0.3) is 11.1 Å². The Balaban J connectivity index is 0.00000220. The fraction of sp³-hybridized carbons (Fsp3) is 0.250. The van der Waals surface area contributed by atoms with Gasteiger partial charge in [-0.05, 0) is 41.7 Å². The van der Waals surface area contributed by atoms with Crippen LogP contribution in [0.15, 0.2) is 42.7 Å². The Hall–Kier alpha value is -1.62. The van der Waals surface area contributed by atoms with E-state index in [2.05, 4.69) is 9.72 Å². The molecule has 0 saturated carbocycles. The Kier molecular flexibility index (Phi) is 8.72. The predicted molar refractivity (Wildman–Crippen MR) is 92.6 cm³/mol. The maximum atomic E-state index is 11.3. The summed E-state index contributed by atoms with van der Waals surface area (Å²) in [6, 6.07) is 9.40. The zero-order valence-corrected chi connectivity index (χ0v) is 14.1. The summed E-state index contributed by atoms with van der Waals surface area (Å²) >= 11 is 0. The molecule has 22 heavy (non-hydrogen) atoms. The molecule has 4 nitrogen and oxygen atoms in total. The SMILES string of the molecule is COC(=O)C(N)Cc1ccc(-c2ccncc2C)cc1.Cl.Cl. The zero-order chi connectivity index (χ0) is 14.5. The van der Waals surface area contributed by atoms with Crippen molar-refractivity contribution in [2.24, 2.45) is 5.73 Å². The van der Waals surface area contributed by atoms with E-state index < -0.39 is 6.04 Å². The first-order valence-electron chi connectivity index (χ1n) is 6.45. The van der Waals surface area contributed by atoms with E-state index in [0.29, 0.717) is 6.42 Å². The summed E-state index contributed by atoms with van der Waals surface area (Å²) in [6.45, 7) is 2.03. The van der Waals surface area contributed by atoms with Crippen molar-refractivity contribution in [3.63, 3.8) is 0 Å². The van der Waals surface area contributed by atoms with Crippen LogP contribution in [0.3, 0.4) is 0 Å². The van der Waals surface area contributed by atoms with Crippen LogP contribution in [0.2, 0.25) is 0 Å². The molecule has 1 aromatic carbocycles. The van der Waals surface area contributed by atoms with Crippen LogP contribution < -0.4 is 5.73 Å². The number of aromatic nitrogens is 1. The number of carbonyl (C=O) groups excluding carboxylic acids is 1. The van der Waals surface area contributed by atoms with Crippen molar-refractivity contribution in [2.45, 2.75) is 19.4 Å². The van der Waals surface area contributed by atoms with Gasteiger partial charge in [-0.15, -0.1) is 24.8 Å². The highest BCUT2D eigenvalue weighted by atomic mass is 35.5. The molecule has 0 saturated heterocycles. The fourth-order valence-electron chi connectivity index (χ4n) is 2.11. The highest BCUT2D eigenvalue weighted by molar-refractivity contribution is 5.85. The van der Waals surface area contributed by atoms with Gasteiger partial charge in [0.25, 0.3) is 0 Å². The molecule has 0 spiro atoms. The summed E-state index contributed by atoms with van der Waals surface area (Å²) < 4.78 is 4.62. The minimum atomic E-state index is -0.617. The van der Waals surface area contributed by atoms with E-state index in [1.54, 1.807) is 6.20 Å². The molecule has 0 fully saturated rings. The lowest BCUT2D eigenvalue weighted by Gasteiger charge is -2.10. The Morgan fingerprint density at radius 3 is 2.41 bits per heavy atom. The lowest BCUT2D eigenvalue weighted by Crippen LogP contribution is -2.33. The van der Waals surface area contributed by atoms with Crippen molar-refractivity contribution in [3.8, 4) is 11.1 Å². The molecule has 1 heterocycles. The molecule has 1 unspecified atom stereocenters. The molecule has 2 rings (SSSR count). The van der Waals surface area contributed by atoms with Gasteiger partial charge in [0.1, 0.15) is 6.04 Å². The second-order valence-corrected chi connectivity index (χ2v) is 4.72. The quantitative estimate of drug-likeness (QED) is 0.867. The van der Waals surface area contributed by atoms with Gasteiger partial charge in [-0.1, -0.05) is 24.3 Å². The van der Waals surface area contributed by atoms with E-state index in [1.807, 2.05) is 43.5 Å². The number of nitrogens with two attached hydrogens (primary N) is 1. The van der Waals surface area contributed by atoms with E-state index >= 15 is 0 Å². The molecule has 1 atom stereocenters. The van der Waals surface area contributed by atoms with Crippen LogP contribution in [0.1, 0.15) is 11.1 Å². The smallest absolute Gasteiger partial charge is 0.322 e. The number of hydrogen-bond donors (Lipinski definition) is 1. The first-order valence-corrected chi connectivity index (χ1v) is 6.45. The highest BCUT2D eigenvalue weighted by Gasteiger charge is 2.14. The average Bonchev–Trinajstić information content (AvgIpc) is 2.48. The Morgan fingerprint density at radius 2 is 1.86 bits per heavy atom. The Labute approximate surface area is 142 Å². The van der Waals surface area contributed by atoms with Crippen molar-refractivity contribution >= 4 is 30.8 Å². The largest absolute Gasteiger partial charge is 0.468 e. The molecule has 0 bridgehead atoms. The van der Waals surface area contributed by atoms with Gasteiger partial charge in [0, 0.05) is 12.4 Å². The minimum absolute atomic E-state index is 0. The summed E-state index contributed by atoms with van der Waals surface area (Å²) in [5.41, 5.74) is 10.2. The molecule has 1 aromatic heterocycles. The Morgan fingerprint density at radius 1 is 1.23 bits per heavy atom. The summed E-state index contributed by atoms with van der Waals surface area (Å²) in [4.78, 5) is 15.4. The number of nitrogens with zero attached hydrogens (tertiary/aromatic N) is 1. The molecule has 2 aromatic rings. The molecular weight excluding hydrogens is 323 g/mol. The molecule has 0 aliphatic heterocycles. The number of methoxy groups -OCH3 is 1. The average molecular weight is 343 g/mol. The molecule has 6 heteroatoms. The second kappa shape index (κ2) is 9.41. The molecule has 2 N–H and O–H groups in total. The van der Waals surface area contributed by atoms with Gasteiger partial charge in [-0.2, -0.15) is 0 Å². The van der Waals surface area contributed by atoms with Crippen LogP contribution in [0, 0.1) is 6.92 Å². The van der Waals surface area contributed by atoms with Gasteiger partial charge in [0.05, 0.1) is 7.11 Å². The third kappa shape index (κ3) is 4.98. The fourth-order valence-corrected chi connectivity index (χ4v) is 2.11. The lowest BCUT2D eigenvalue weighted by atomic mass is 9.99. The van der Waals surface area contributed by atoms with Crippen LogP contribution >= 0.6 is 24.8 Å². The topological polar surface area (TPSA) is 65.2 Å². The molecular formula is C16H20Cl2N2O2. The van der Waals surface area contributed by atoms with Crippen LogP contribution in [0.4, 0.5) is 0 Å². The van der Waals surface area contributed by atoms with Crippen molar-refractivity contribution in [3.05, 3.63) is 53.9 Å². The van der Waals surface area contributed by atoms with E-state index in [-0.39, 0.29) is 30.8 Å². The van der Waals surface area contributed by atoms with Crippen molar-refractivity contribution in [1.29, 1.82) is 0 Å². The molecule has 120 valence electrons. The van der Waals surface area contributed by atoms with Crippen molar-refractivity contribution in [1.82, 2.24) is 4.98 Å². The normalized spacial score (nSPS) is 10.9. The van der Waals surface area contributed by atoms with Gasteiger partial charge >= 0.3 is 5.97 Å². The number of pyridine rings is 1. The molecule has 0 radical (unpaired) electrons. The van der Waals surface area contributed by atoms with Gasteiger partial charge in [-0.3, -0.25) is 9.78 Å². The Bertz CT molecular complexity index is 603. The van der Waals surface area contributed by atoms with Gasteiger partial charge < -0.3 is 10.5 Å². The van der Waals surface area contributed by atoms with Gasteiger partial charge in [0.2, 0.25) is 0 Å². The second-order valence-electron chi connectivity index (χ2n) is 4.72. The number of rotatable bonds is 4. The van der Waals surface area contributed by atoms with E-state index in [1.165, 1.54) is 7.11 Å². The number of benzene rings is 1. The standard InChI is InChI=1S/C16H18N2O2.2ClH/c1-11-10-18-8-7-14(11)13-5-3-12(4-6-13)9-15(17)16(19)20-2;;/h3-8,10,15H,9,17H2,1-2H3;2*1H. The lowest BCUT2D eigenvalue weighted by molar-refractivity contribution is -0.142. The predicted octanol–water partition coefficient (Wildman–Crippen LogP) is 2.94. The van der Waals surface area contributed by atoms with Crippen LogP contribution in [-0.2, 0) is 16.0 Å². The first-order chi connectivity index (χ1) is 9.61. The summed E-state index contributed by atoms with van der Waals surface area (Å²) in [5, 5.41) is 0. The summed E-state index contributed by atoms with van der Waals surface area (Å²) in [5.74, 6) is -0.390. The molecule has 0 aliphatic carbocycles. The maximum absolute atomic E-state index is 11.3. The van der Waals surface area contributed by atoms with E-state index in [4.69, 9.17) is 5.73 Å². The van der Waals surface area contributed by atoms with Crippen molar-refractivity contribution < 1.29 is 9.53 Å². The number of halogens is 2. The van der Waals surface area contributed by atoms with Gasteiger partial charge in [-0.25, -0.2) is 0 Å². The molecule has 0 aliphatic rings. The van der Waals surface area contributed by atoms with Crippen molar-refractivity contribution in [2.75, 3.05) is 7.11 Å². The molecule has 0 amide bonds. The third-order valence-corrected chi connectivity index (χ3v) is 3.24. The first kappa shape index (κ1) is 20.4. The maximum Gasteiger partial charge on any atom is 0.322 e.